The molecular weight excluding hydrogens is 284 g/mol. The lowest BCUT2D eigenvalue weighted by molar-refractivity contribution is -0.386. The first-order valence-corrected chi connectivity index (χ1v) is 5.82. The molecule has 0 N–H and O–H groups in total. The molecule has 0 saturated carbocycles. The van der Waals surface area contributed by atoms with E-state index in [1.807, 2.05) is 0 Å². The number of rotatable bonds is 5. The van der Waals surface area contributed by atoms with Crippen LogP contribution in [0.5, 0.6) is 5.75 Å². The highest BCUT2D eigenvalue weighted by Crippen LogP contribution is 2.28. The molecule has 0 spiro atoms. The molecule has 21 heavy (non-hydrogen) atoms. The molecule has 2 aromatic rings. The molecule has 0 saturated heterocycles. The molecular formula is C14H9F2NO4. The summed E-state index contributed by atoms with van der Waals surface area (Å²) in [6, 6.07) is 7.19. The largest absolute Gasteiger partial charge is 0.482 e. The molecule has 7 heteroatoms. The van der Waals surface area contributed by atoms with Crippen molar-refractivity contribution in [3.8, 4) is 5.75 Å². The molecule has 108 valence electrons. The number of benzene rings is 2. The van der Waals surface area contributed by atoms with Crippen LogP contribution >= 0.6 is 0 Å². The normalized spacial score (nSPS) is 10.2. The summed E-state index contributed by atoms with van der Waals surface area (Å²) in [6.45, 7) is -0.370. The molecule has 5 nitrogen and oxygen atoms in total. The topological polar surface area (TPSA) is 69.4 Å². The van der Waals surface area contributed by atoms with Crippen LogP contribution in [-0.2, 0) is 6.61 Å². The van der Waals surface area contributed by atoms with Gasteiger partial charge in [-0.2, -0.15) is 0 Å². The van der Waals surface area contributed by atoms with Crippen molar-refractivity contribution in [2.75, 3.05) is 0 Å². The van der Waals surface area contributed by atoms with Crippen LogP contribution in [0.4, 0.5) is 14.5 Å². The van der Waals surface area contributed by atoms with E-state index < -0.39 is 22.2 Å². The molecule has 0 radical (unpaired) electrons. The van der Waals surface area contributed by atoms with Gasteiger partial charge in [0.05, 0.1) is 4.92 Å². The van der Waals surface area contributed by atoms with Crippen LogP contribution < -0.4 is 4.74 Å². The Labute approximate surface area is 117 Å². The molecule has 0 aliphatic heterocycles. The summed E-state index contributed by atoms with van der Waals surface area (Å²) >= 11 is 0. The quantitative estimate of drug-likeness (QED) is 0.482. The second-order valence-corrected chi connectivity index (χ2v) is 4.10. The molecule has 0 unspecified atom stereocenters. The number of ether oxygens (including phenoxy) is 1. The number of nitro benzene ring substituents is 1. The number of carbonyl (C=O) groups is 1. The van der Waals surface area contributed by atoms with Gasteiger partial charge >= 0.3 is 5.69 Å². The van der Waals surface area contributed by atoms with Crippen LogP contribution in [0, 0.1) is 21.7 Å². The fourth-order valence-corrected chi connectivity index (χ4v) is 1.69. The first-order chi connectivity index (χ1) is 10.0. The van der Waals surface area contributed by atoms with Crippen LogP contribution in [-0.4, -0.2) is 11.2 Å². The Hall–Kier alpha value is -2.83. The van der Waals surface area contributed by atoms with Crippen molar-refractivity contribution < 1.29 is 23.2 Å². The number of nitrogens with zero attached hydrogens (tertiary/aromatic N) is 1. The van der Waals surface area contributed by atoms with E-state index in [9.17, 15) is 23.7 Å². The fraction of sp³-hybridized carbons (Fsp3) is 0.0714. The average Bonchev–Trinajstić information content (AvgIpc) is 2.48. The number of nitro groups is 1. The van der Waals surface area contributed by atoms with Gasteiger partial charge in [0.15, 0.2) is 17.4 Å². The molecule has 0 atom stereocenters. The van der Waals surface area contributed by atoms with Crippen LogP contribution in [0.15, 0.2) is 36.4 Å². The van der Waals surface area contributed by atoms with Crippen molar-refractivity contribution in [1.29, 1.82) is 0 Å². The highest BCUT2D eigenvalue weighted by atomic mass is 19.2. The highest BCUT2D eigenvalue weighted by molar-refractivity contribution is 5.77. The van der Waals surface area contributed by atoms with E-state index in [0.717, 1.165) is 12.1 Å². The molecule has 0 aliphatic carbocycles. The minimum Gasteiger partial charge on any atom is -0.482 e. The first kappa shape index (κ1) is 14.6. The van der Waals surface area contributed by atoms with Gasteiger partial charge in [-0.15, -0.1) is 0 Å². The Bertz CT molecular complexity index is 703. The number of hydrogen-bond donors (Lipinski definition) is 0. The SMILES string of the molecule is O=Cc1ccc(OCc2cccc(F)c2F)c([N+](=O)[O-])c1. The number of halogens is 2. The van der Waals surface area contributed by atoms with Gasteiger partial charge in [0.2, 0.25) is 0 Å². The van der Waals surface area contributed by atoms with Crippen molar-refractivity contribution >= 4 is 12.0 Å². The lowest BCUT2D eigenvalue weighted by atomic mass is 10.2. The second-order valence-electron chi connectivity index (χ2n) is 4.10. The van der Waals surface area contributed by atoms with Crippen molar-refractivity contribution in [2.24, 2.45) is 0 Å². The van der Waals surface area contributed by atoms with Crippen molar-refractivity contribution in [2.45, 2.75) is 6.61 Å². The summed E-state index contributed by atoms with van der Waals surface area (Å²) in [7, 11) is 0. The van der Waals surface area contributed by atoms with Gasteiger partial charge in [-0.25, -0.2) is 8.78 Å². The maximum absolute atomic E-state index is 13.4. The average molecular weight is 293 g/mol. The molecule has 0 aliphatic rings. The molecule has 2 aromatic carbocycles. The zero-order valence-corrected chi connectivity index (χ0v) is 10.6. The van der Waals surface area contributed by atoms with E-state index in [4.69, 9.17) is 4.74 Å². The predicted molar refractivity (Wildman–Crippen MR) is 69.2 cm³/mol. The number of carbonyl (C=O) groups excluding carboxylic acids is 1. The van der Waals surface area contributed by atoms with Crippen molar-refractivity contribution in [3.05, 3.63) is 69.3 Å². The van der Waals surface area contributed by atoms with Crippen molar-refractivity contribution in [3.63, 3.8) is 0 Å². The molecule has 0 aromatic heterocycles. The third-order valence-electron chi connectivity index (χ3n) is 2.73. The van der Waals surface area contributed by atoms with Gasteiger partial charge in [-0.1, -0.05) is 12.1 Å². The Morgan fingerprint density at radius 1 is 1.24 bits per heavy atom. The van der Waals surface area contributed by atoms with E-state index >= 15 is 0 Å². The molecule has 2 rings (SSSR count). The molecule has 0 amide bonds. The monoisotopic (exact) mass is 293 g/mol. The fourth-order valence-electron chi connectivity index (χ4n) is 1.69. The third-order valence-corrected chi connectivity index (χ3v) is 2.73. The van der Waals surface area contributed by atoms with E-state index in [0.29, 0.717) is 6.29 Å². The summed E-state index contributed by atoms with van der Waals surface area (Å²) in [6.07, 6.45) is 0.461. The summed E-state index contributed by atoms with van der Waals surface area (Å²) < 4.78 is 31.6. The van der Waals surface area contributed by atoms with Crippen LogP contribution in [0.2, 0.25) is 0 Å². The first-order valence-electron chi connectivity index (χ1n) is 5.82. The lowest BCUT2D eigenvalue weighted by Gasteiger charge is -2.08. The zero-order valence-electron chi connectivity index (χ0n) is 10.6. The van der Waals surface area contributed by atoms with Crippen LogP contribution in [0.25, 0.3) is 0 Å². The Balaban J connectivity index is 2.25. The Morgan fingerprint density at radius 3 is 2.67 bits per heavy atom. The Morgan fingerprint density at radius 2 is 2.00 bits per heavy atom. The van der Waals surface area contributed by atoms with Gasteiger partial charge < -0.3 is 4.74 Å². The number of aldehydes is 1. The maximum atomic E-state index is 13.4. The summed E-state index contributed by atoms with van der Waals surface area (Å²) in [5.74, 6) is -2.22. The molecule has 0 fully saturated rings. The predicted octanol–water partition coefficient (Wildman–Crippen LogP) is 3.26. The Kier molecular flexibility index (Phi) is 4.22. The smallest absolute Gasteiger partial charge is 0.311 e. The van der Waals surface area contributed by atoms with Gasteiger partial charge in [-0.05, 0) is 18.2 Å². The summed E-state index contributed by atoms with van der Waals surface area (Å²) in [5.41, 5.74) is -0.369. The van der Waals surface area contributed by atoms with E-state index in [2.05, 4.69) is 0 Å². The minimum absolute atomic E-state index is 0.0660. The lowest BCUT2D eigenvalue weighted by Crippen LogP contribution is -2.02. The van der Waals surface area contributed by atoms with Crippen LogP contribution in [0.3, 0.4) is 0 Å². The summed E-state index contributed by atoms with van der Waals surface area (Å²) in [5, 5.41) is 10.9. The van der Waals surface area contributed by atoms with Crippen molar-refractivity contribution in [1.82, 2.24) is 0 Å². The minimum atomic E-state index is -1.07. The standard InChI is InChI=1S/C14H9F2NO4/c15-11-3-1-2-10(14(11)16)8-21-13-5-4-9(7-18)6-12(13)17(19)20/h1-7H,8H2. The van der Waals surface area contributed by atoms with Gasteiger partial charge in [-0.3, -0.25) is 14.9 Å². The van der Waals surface area contributed by atoms with Gasteiger partial charge in [0.1, 0.15) is 12.9 Å². The summed E-state index contributed by atoms with van der Waals surface area (Å²) in [4.78, 5) is 20.8. The highest BCUT2D eigenvalue weighted by Gasteiger charge is 2.17. The molecule has 0 heterocycles. The number of hydrogen-bond acceptors (Lipinski definition) is 4. The third kappa shape index (κ3) is 3.19. The van der Waals surface area contributed by atoms with E-state index in [1.165, 1.54) is 24.3 Å². The van der Waals surface area contributed by atoms with Crippen LogP contribution in [0.1, 0.15) is 15.9 Å². The van der Waals surface area contributed by atoms with E-state index in [1.54, 1.807) is 0 Å². The second kappa shape index (κ2) is 6.08. The van der Waals surface area contributed by atoms with Gasteiger partial charge in [0.25, 0.3) is 0 Å². The zero-order chi connectivity index (χ0) is 15.4. The molecule has 0 bridgehead atoms. The van der Waals surface area contributed by atoms with E-state index in [-0.39, 0.29) is 23.5 Å². The maximum Gasteiger partial charge on any atom is 0.311 e. The van der Waals surface area contributed by atoms with Gasteiger partial charge in [0, 0.05) is 17.2 Å².